The Bertz CT molecular complexity index is 546. The van der Waals surface area contributed by atoms with Gasteiger partial charge in [0.25, 0.3) is 0 Å². The van der Waals surface area contributed by atoms with E-state index in [1.807, 2.05) is 11.0 Å². The molecule has 25 heavy (non-hydrogen) atoms. The van der Waals surface area contributed by atoms with E-state index in [4.69, 9.17) is 0 Å². The Morgan fingerprint density at radius 1 is 1.24 bits per heavy atom. The molecule has 2 unspecified atom stereocenters. The zero-order valence-corrected chi connectivity index (χ0v) is 15.1. The van der Waals surface area contributed by atoms with Crippen LogP contribution in [0.1, 0.15) is 12.0 Å². The predicted octanol–water partition coefficient (Wildman–Crippen LogP) is -0.0146. The Morgan fingerprint density at radius 3 is 2.60 bits per heavy atom. The average Bonchev–Trinajstić information content (AvgIpc) is 3.07. The molecule has 0 bridgehead atoms. The number of β-amino-alcohol motifs (C(OH)–C–C–N with tert-alkyl or cyclic N) is 1. The van der Waals surface area contributed by atoms with Crippen molar-refractivity contribution in [2.75, 3.05) is 52.9 Å². The molecule has 0 spiro atoms. The van der Waals surface area contributed by atoms with Crippen molar-refractivity contribution in [1.82, 2.24) is 20.0 Å². The normalized spacial score (nSPS) is 24.8. The lowest BCUT2D eigenvalue weighted by Gasteiger charge is -2.36. The molecule has 2 aliphatic rings. The second-order valence-electron chi connectivity index (χ2n) is 7.24. The van der Waals surface area contributed by atoms with Crippen LogP contribution in [0.25, 0.3) is 0 Å². The Balaban J connectivity index is 1.35. The SMILES string of the molecule is CN(CCN1CCN(C(=O)C2CC(O)CN2)CC1)Cc1ccccc1. The van der Waals surface area contributed by atoms with E-state index in [1.165, 1.54) is 5.56 Å². The van der Waals surface area contributed by atoms with Gasteiger partial charge in [0.05, 0.1) is 12.1 Å². The summed E-state index contributed by atoms with van der Waals surface area (Å²) in [5.41, 5.74) is 1.34. The maximum absolute atomic E-state index is 12.4. The van der Waals surface area contributed by atoms with E-state index < -0.39 is 0 Å². The number of carbonyl (C=O) groups is 1. The average molecular weight is 346 g/mol. The first-order valence-corrected chi connectivity index (χ1v) is 9.27. The minimum absolute atomic E-state index is 0.150. The highest BCUT2D eigenvalue weighted by Gasteiger charge is 2.32. The minimum Gasteiger partial charge on any atom is -0.392 e. The second kappa shape index (κ2) is 8.76. The largest absolute Gasteiger partial charge is 0.392 e. The summed E-state index contributed by atoms with van der Waals surface area (Å²) in [7, 11) is 2.16. The first-order chi connectivity index (χ1) is 12.1. The molecule has 2 N–H and O–H groups in total. The fourth-order valence-electron chi connectivity index (χ4n) is 3.60. The van der Waals surface area contributed by atoms with Gasteiger partial charge in [-0.1, -0.05) is 30.3 Å². The summed E-state index contributed by atoms with van der Waals surface area (Å²) < 4.78 is 0. The highest BCUT2D eigenvalue weighted by Crippen LogP contribution is 2.12. The van der Waals surface area contributed by atoms with Crippen LogP contribution in [0.3, 0.4) is 0 Å². The van der Waals surface area contributed by atoms with E-state index in [9.17, 15) is 9.90 Å². The van der Waals surface area contributed by atoms with Gasteiger partial charge in [-0.15, -0.1) is 0 Å². The lowest BCUT2D eigenvalue weighted by Crippen LogP contribution is -2.53. The molecule has 0 aromatic heterocycles. The van der Waals surface area contributed by atoms with Crippen LogP contribution in [0.2, 0.25) is 0 Å². The molecule has 138 valence electrons. The van der Waals surface area contributed by atoms with E-state index >= 15 is 0 Å². The third-order valence-corrected chi connectivity index (χ3v) is 5.18. The van der Waals surface area contributed by atoms with E-state index in [0.717, 1.165) is 45.8 Å². The van der Waals surface area contributed by atoms with Crippen molar-refractivity contribution in [3.8, 4) is 0 Å². The molecular formula is C19H30N4O2. The van der Waals surface area contributed by atoms with Crippen LogP contribution >= 0.6 is 0 Å². The van der Waals surface area contributed by atoms with Crippen LogP contribution in [0.15, 0.2) is 30.3 Å². The summed E-state index contributed by atoms with van der Waals surface area (Å²) in [4.78, 5) is 19.2. The van der Waals surface area contributed by atoms with Gasteiger partial charge in [-0.2, -0.15) is 0 Å². The summed E-state index contributed by atoms with van der Waals surface area (Å²) in [6.45, 7) is 7.00. The molecule has 0 saturated carbocycles. The lowest BCUT2D eigenvalue weighted by atomic mass is 10.1. The van der Waals surface area contributed by atoms with Gasteiger partial charge in [0.15, 0.2) is 0 Å². The Kier molecular flexibility index (Phi) is 6.42. The van der Waals surface area contributed by atoms with Gasteiger partial charge in [-0.05, 0) is 19.0 Å². The molecule has 1 aromatic rings. The van der Waals surface area contributed by atoms with Gasteiger partial charge < -0.3 is 20.2 Å². The van der Waals surface area contributed by atoms with Gasteiger partial charge in [0.1, 0.15) is 0 Å². The molecule has 2 atom stereocenters. The minimum atomic E-state index is -0.379. The number of likely N-dealkylation sites (N-methyl/N-ethyl adjacent to an activating group) is 1. The van der Waals surface area contributed by atoms with E-state index in [0.29, 0.717) is 13.0 Å². The number of nitrogens with zero attached hydrogens (tertiary/aromatic N) is 3. The molecule has 6 nitrogen and oxygen atoms in total. The molecule has 1 amide bonds. The fourth-order valence-corrected chi connectivity index (χ4v) is 3.60. The maximum atomic E-state index is 12.4. The van der Waals surface area contributed by atoms with Crippen LogP contribution < -0.4 is 5.32 Å². The number of aliphatic hydroxyl groups excluding tert-OH is 1. The van der Waals surface area contributed by atoms with Gasteiger partial charge in [-0.3, -0.25) is 9.69 Å². The van der Waals surface area contributed by atoms with Crippen LogP contribution in [0.5, 0.6) is 0 Å². The van der Waals surface area contributed by atoms with Crippen LogP contribution in [0, 0.1) is 0 Å². The van der Waals surface area contributed by atoms with Crippen LogP contribution in [-0.4, -0.2) is 90.7 Å². The van der Waals surface area contributed by atoms with Crippen molar-refractivity contribution in [1.29, 1.82) is 0 Å². The molecule has 2 fully saturated rings. The van der Waals surface area contributed by atoms with Gasteiger partial charge in [0, 0.05) is 52.4 Å². The van der Waals surface area contributed by atoms with Crippen molar-refractivity contribution in [2.24, 2.45) is 0 Å². The zero-order chi connectivity index (χ0) is 17.6. The third-order valence-electron chi connectivity index (χ3n) is 5.18. The number of benzene rings is 1. The quantitative estimate of drug-likeness (QED) is 0.759. The number of aliphatic hydroxyl groups is 1. The third kappa shape index (κ3) is 5.25. The molecule has 0 radical (unpaired) electrons. The fraction of sp³-hybridized carbons (Fsp3) is 0.632. The number of nitrogens with one attached hydrogen (secondary N) is 1. The van der Waals surface area contributed by atoms with Gasteiger partial charge >= 0.3 is 0 Å². The van der Waals surface area contributed by atoms with Gasteiger partial charge in [-0.25, -0.2) is 0 Å². The molecule has 2 saturated heterocycles. The Labute approximate surface area is 150 Å². The number of amides is 1. The summed E-state index contributed by atoms with van der Waals surface area (Å²) in [5.74, 6) is 0.150. The number of hydrogen-bond acceptors (Lipinski definition) is 5. The summed E-state index contributed by atoms with van der Waals surface area (Å²) in [6.07, 6.45) is 0.166. The molecule has 2 aliphatic heterocycles. The molecule has 2 heterocycles. The first-order valence-electron chi connectivity index (χ1n) is 9.27. The standard InChI is InChI=1S/C19H30N4O2/c1-21(15-16-5-3-2-4-6-16)7-8-22-9-11-23(12-10-22)19(25)18-13-17(24)14-20-18/h2-6,17-18,20,24H,7-15H2,1H3. The monoisotopic (exact) mass is 346 g/mol. The van der Waals surface area contributed by atoms with Crippen LogP contribution in [0.4, 0.5) is 0 Å². The van der Waals surface area contributed by atoms with Crippen molar-refractivity contribution in [3.63, 3.8) is 0 Å². The Morgan fingerprint density at radius 2 is 1.96 bits per heavy atom. The maximum Gasteiger partial charge on any atom is 0.239 e. The number of rotatable bonds is 6. The summed E-state index contributed by atoms with van der Waals surface area (Å²) >= 11 is 0. The molecule has 6 heteroatoms. The summed E-state index contributed by atoms with van der Waals surface area (Å²) in [5, 5.41) is 12.7. The molecular weight excluding hydrogens is 316 g/mol. The second-order valence-corrected chi connectivity index (χ2v) is 7.24. The van der Waals surface area contributed by atoms with Crippen LogP contribution in [-0.2, 0) is 11.3 Å². The summed E-state index contributed by atoms with van der Waals surface area (Å²) in [6, 6.07) is 10.3. The lowest BCUT2D eigenvalue weighted by molar-refractivity contribution is -0.135. The molecule has 3 rings (SSSR count). The molecule has 1 aromatic carbocycles. The zero-order valence-electron chi connectivity index (χ0n) is 15.1. The van der Waals surface area contributed by atoms with E-state index in [2.05, 4.69) is 46.4 Å². The number of carbonyl (C=O) groups excluding carboxylic acids is 1. The smallest absolute Gasteiger partial charge is 0.239 e. The van der Waals surface area contributed by atoms with E-state index in [1.54, 1.807) is 0 Å². The topological polar surface area (TPSA) is 59.0 Å². The van der Waals surface area contributed by atoms with Gasteiger partial charge in [0.2, 0.25) is 5.91 Å². The van der Waals surface area contributed by atoms with Crippen molar-refractivity contribution in [3.05, 3.63) is 35.9 Å². The number of piperazine rings is 1. The van der Waals surface area contributed by atoms with Crippen molar-refractivity contribution >= 4 is 5.91 Å². The van der Waals surface area contributed by atoms with Crippen molar-refractivity contribution < 1.29 is 9.90 Å². The highest BCUT2D eigenvalue weighted by atomic mass is 16.3. The first kappa shape index (κ1) is 18.3. The van der Waals surface area contributed by atoms with Crippen molar-refractivity contribution in [2.45, 2.75) is 25.1 Å². The predicted molar refractivity (Wildman–Crippen MR) is 98.2 cm³/mol. The van der Waals surface area contributed by atoms with E-state index in [-0.39, 0.29) is 18.1 Å². The Hall–Kier alpha value is -1.47. The number of hydrogen-bond donors (Lipinski definition) is 2. The highest BCUT2D eigenvalue weighted by molar-refractivity contribution is 5.82. The molecule has 0 aliphatic carbocycles.